The molecular weight excluding hydrogens is 373 g/mol. The Morgan fingerprint density at radius 2 is 1.92 bits per heavy atom. The van der Waals surface area contributed by atoms with E-state index >= 15 is 0 Å². The number of thioether (sulfide) groups is 1. The average molecular weight is 382 g/mol. The number of phenols is 2. The number of hydrogen-bond acceptors (Lipinski definition) is 5. The summed E-state index contributed by atoms with van der Waals surface area (Å²) in [7, 11) is 0. The highest BCUT2D eigenvalue weighted by Crippen LogP contribution is 2.37. The van der Waals surface area contributed by atoms with E-state index in [0.717, 1.165) is 17.8 Å². The molecule has 0 aliphatic carbocycles. The van der Waals surface area contributed by atoms with E-state index < -0.39 is 5.82 Å². The fourth-order valence-corrected chi connectivity index (χ4v) is 3.57. The summed E-state index contributed by atoms with van der Waals surface area (Å²) in [5.74, 6) is -1.49. The zero-order chi connectivity index (χ0) is 17.4. The summed E-state index contributed by atoms with van der Waals surface area (Å²) in [6.07, 6.45) is 1.55. The zero-order valence-electron chi connectivity index (χ0n) is 11.9. The minimum Gasteiger partial charge on any atom is -0.504 e. The van der Waals surface area contributed by atoms with Gasteiger partial charge in [-0.25, -0.2) is 4.39 Å². The van der Waals surface area contributed by atoms with E-state index in [4.69, 9.17) is 23.8 Å². The number of carbonyl (C=O) groups is 1. The highest BCUT2D eigenvalue weighted by atomic mass is 35.5. The van der Waals surface area contributed by atoms with E-state index in [9.17, 15) is 19.4 Å². The molecule has 1 saturated heterocycles. The maximum atomic E-state index is 13.3. The molecule has 1 fully saturated rings. The summed E-state index contributed by atoms with van der Waals surface area (Å²) in [4.78, 5) is 14.2. The van der Waals surface area contributed by atoms with Crippen molar-refractivity contribution < 1.29 is 19.4 Å². The van der Waals surface area contributed by atoms with Crippen LogP contribution in [0.1, 0.15) is 5.56 Å². The van der Waals surface area contributed by atoms with Gasteiger partial charge in [0.15, 0.2) is 15.8 Å². The van der Waals surface area contributed by atoms with Crippen molar-refractivity contribution in [1.29, 1.82) is 0 Å². The highest BCUT2D eigenvalue weighted by molar-refractivity contribution is 8.27. The Balaban J connectivity index is 1.94. The summed E-state index contributed by atoms with van der Waals surface area (Å²) < 4.78 is 13.6. The SMILES string of the molecule is O=C1/C(=C\c2ccc(O)c(O)c2)SC(=S)N1c1ccc(F)c(Cl)c1. The zero-order valence-corrected chi connectivity index (χ0v) is 14.3. The van der Waals surface area contributed by atoms with Crippen molar-refractivity contribution in [3.63, 3.8) is 0 Å². The molecule has 0 spiro atoms. The third-order valence-corrected chi connectivity index (χ3v) is 4.84. The number of anilines is 1. The summed E-state index contributed by atoms with van der Waals surface area (Å²) in [5, 5.41) is 18.7. The van der Waals surface area contributed by atoms with Crippen molar-refractivity contribution in [2.24, 2.45) is 0 Å². The van der Waals surface area contributed by atoms with E-state index in [1.54, 1.807) is 12.1 Å². The van der Waals surface area contributed by atoms with E-state index in [2.05, 4.69) is 0 Å². The Morgan fingerprint density at radius 3 is 2.58 bits per heavy atom. The number of halogens is 2. The fourth-order valence-electron chi connectivity index (χ4n) is 2.10. The van der Waals surface area contributed by atoms with E-state index in [0.29, 0.717) is 16.2 Å². The lowest BCUT2D eigenvalue weighted by molar-refractivity contribution is -0.113. The van der Waals surface area contributed by atoms with Crippen molar-refractivity contribution in [1.82, 2.24) is 0 Å². The molecule has 24 heavy (non-hydrogen) atoms. The van der Waals surface area contributed by atoms with Crippen molar-refractivity contribution in [2.75, 3.05) is 4.90 Å². The molecule has 2 aromatic rings. The molecule has 4 nitrogen and oxygen atoms in total. The first kappa shape index (κ1) is 16.8. The second-order valence-electron chi connectivity index (χ2n) is 4.86. The minimum atomic E-state index is -0.582. The molecule has 122 valence electrons. The first-order valence-corrected chi connectivity index (χ1v) is 8.22. The van der Waals surface area contributed by atoms with Crippen LogP contribution in [0.15, 0.2) is 41.3 Å². The van der Waals surface area contributed by atoms with Gasteiger partial charge in [0.25, 0.3) is 5.91 Å². The first-order chi connectivity index (χ1) is 11.4. The smallest absolute Gasteiger partial charge is 0.270 e. The van der Waals surface area contributed by atoms with Crippen LogP contribution >= 0.6 is 35.6 Å². The van der Waals surface area contributed by atoms with Gasteiger partial charge in [0.2, 0.25) is 0 Å². The molecule has 3 rings (SSSR count). The fraction of sp³-hybridized carbons (Fsp3) is 0. The lowest BCUT2D eigenvalue weighted by Gasteiger charge is -2.14. The van der Waals surface area contributed by atoms with Gasteiger partial charge in [-0.15, -0.1) is 0 Å². The van der Waals surface area contributed by atoms with E-state index in [-0.39, 0.29) is 26.7 Å². The van der Waals surface area contributed by atoms with Crippen molar-refractivity contribution in [3.8, 4) is 11.5 Å². The van der Waals surface area contributed by atoms with Gasteiger partial charge in [-0.3, -0.25) is 9.69 Å². The van der Waals surface area contributed by atoms with Gasteiger partial charge in [0.05, 0.1) is 15.6 Å². The van der Waals surface area contributed by atoms with Crippen LogP contribution in [0.4, 0.5) is 10.1 Å². The van der Waals surface area contributed by atoms with E-state index in [1.807, 2.05) is 0 Å². The molecule has 2 N–H and O–H groups in total. The summed E-state index contributed by atoms with van der Waals surface area (Å²) in [6.45, 7) is 0. The van der Waals surface area contributed by atoms with E-state index in [1.165, 1.54) is 29.2 Å². The lowest BCUT2D eigenvalue weighted by Crippen LogP contribution is -2.27. The molecule has 1 amide bonds. The van der Waals surface area contributed by atoms with Crippen LogP contribution in [-0.4, -0.2) is 20.4 Å². The van der Waals surface area contributed by atoms with Crippen LogP contribution in [0.25, 0.3) is 6.08 Å². The van der Waals surface area contributed by atoms with Gasteiger partial charge in [-0.2, -0.15) is 0 Å². The molecule has 0 bridgehead atoms. The maximum absolute atomic E-state index is 13.3. The van der Waals surface area contributed by atoms with Crippen LogP contribution < -0.4 is 4.90 Å². The molecular formula is C16H9ClFNO3S2. The number of aromatic hydroxyl groups is 2. The molecule has 1 aliphatic rings. The second kappa shape index (κ2) is 6.43. The van der Waals surface area contributed by atoms with Gasteiger partial charge in [-0.1, -0.05) is 41.6 Å². The molecule has 0 radical (unpaired) electrons. The number of hydrogen-bond donors (Lipinski definition) is 2. The molecule has 1 heterocycles. The number of carbonyl (C=O) groups excluding carboxylic acids is 1. The van der Waals surface area contributed by atoms with Gasteiger partial charge in [0, 0.05) is 0 Å². The van der Waals surface area contributed by atoms with Crippen LogP contribution in [0, 0.1) is 5.82 Å². The Bertz CT molecular complexity index is 901. The standard InChI is InChI=1S/C16H9ClFNO3S2/c17-10-7-9(2-3-11(10)18)19-15(22)14(24-16(19)23)6-8-1-4-12(20)13(21)5-8/h1-7,20-21H/b14-6+. The van der Waals surface area contributed by atoms with Crippen LogP contribution in [0.5, 0.6) is 11.5 Å². The van der Waals surface area contributed by atoms with Crippen LogP contribution in [-0.2, 0) is 4.79 Å². The molecule has 0 saturated carbocycles. The second-order valence-corrected chi connectivity index (χ2v) is 6.95. The number of nitrogens with zero attached hydrogens (tertiary/aromatic N) is 1. The number of phenolic OH excluding ortho intramolecular Hbond substituents is 2. The number of amides is 1. The molecule has 0 unspecified atom stereocenters. The van der Waals surface area contributed by atoms with Crippen molar-refractivity contribution in [3.05, 3.63) is 57.7 Å². The monoisotopic (exact) mass is 381 g/mol. The number of benzene rings is 2. The average Bonchev–Trinajstić information content (AvgIpc) is 2.80. The minimum absolute atomic E-state index is 0.103. The maximum Gasteiger partial charge on any atom is 0.270 e. The summed E-state index contributed by atoms with van der Waals surface area (Å²) >= 11 is 12.1. The van der Waals surface area contributed by atoms with Crippen molar-refractivity contribution in [2.45, 2.75) is 0 Å². The molecule has 1 aliphatic heterocycles. The quantitative estimate of drug-likeness (QED) is 0.461. The third kappa shape index (κ3) is 3.10. The topological polar surface area (TPSA) is 60.8 Å². The van der Waals surface area contributed by atoms with Crippen LogP contribution in [0.2, 0.25) is 5.02 Å². The van der Waals surface area contributed by atoms with Gasteiger partial charge in [-0.05, 0) is 42.0 Å². The van der Waals surface area contributed by atoms with Crippen LogP contribution in [0.3, 0.4) is 0 Å². The molecule has 0 aromatic heterocycles. The van der Waals surface area contributed by atoms with Gasteiger partial charge >= 0.3 is 0 Å². The molecule has 8 heteroatoms. The Labute approximate surface area is 151 Å². The molecule has 2 aromatic carbocycles. The Kier molecular flexibility index (Phi) is 4.49. The predicted octanol–water partition coefficient (Wildman–Crippen LogP) is 4.30. The normalized spacial score (nSPS) is 16.2. The largest absolute Gasteiger partial charge is 0.504 e. The van der Waals surface area contributed by atoms with Gasteiger partial charge in [0.1, 0.15) is 5.82 Å². The third-order valence-electron chi connectivity index (χ3n) is 3.25. The summed E-state index contributed by atoms with van der Waals surface area (Å²) in [6, 6.07) is 8.12. The Morgan fingerprint density at radius 1 is 1.17 bits per heavy atom. The molecule has 0 atom stereocenters. The predicted molar refractivity (Wildman–Crippen MR) is 96.8 cm³/mol. The van der Waals surface area contributed by atoms with Crippen molar-refractivity contribution >= 4 is 57.6 Å². The Hall–Kier alpha value is -2.09. The number of rotatable bonds is 2. The lowest BCUT2D eigenvalue weighted by atomic mass is 10.2. The van der Waals surface area contributed by atoms with Gasteiger partial charge < -0.3 is 10.2 Å². The summed E-state index contributed by atoms with van der Waals surface area (Å²) in [5.41, 5.74) is 0.906. The first-order valence-electron chi connectivity index (χ1n) is 6.62. The highest BCUT2D eigenvalue weighted by Gasteiger charge is 2.33. The number of thiocarbonyl (C=S) groups is 1.